The van der Waals surface area contributed by atoms with E-state index in [1.54, 1.807) is 12.1 Å². The van der Waals surface area contributed by atoms with Crippen LogP contribution in [0.2, 0.25) is 0 Å². The van der Waals surface area contributed by atoms with Crippen LogP contribution < -0.4 is 10.6 Å². The van der Waals surface area contributed by atoms with Gasteiger partial charge in [0.2, 0.25) is 0 Å². The molecule has 5 nitrogen and oxygen atoms in total. The van der Waals surface area contributed by atoms with E-state index in [0.29, 0.717) is 12.1 Å². The summed E-state index contributed by atoms with van der Waals surface area (Å²) in [5.41, 5.74) is 4.26. The molecule has 5 rings (SSSR count). The molecule has 0 spiro atoms. The van der Waals surface area contributed by atoms with Gasteiger partial charge in [-0.1, -0.05) is 54.6 Å². The SMILES string of the molecule is O=C(NCc1ccccc1)c1cccc2c1NC(c1ccc(O)cc1O)C1CC=CC21. The molecule has 0 saturated carbocycles. The Hall–Kier alpha value is -3.73. The Morgan fingerprint density at radius 2 is 1.84 bits per heavy atom. The maximum atomic E-state index is 13.1. The molecule has 0 bridgehead atoms. The van der Waals surface area contributed by atoms with Crippen molar-refractivity contribution in [3.8, 4) is 11.5 Å². The Bertz CT molecular complexity index is 1160. The van der Waals surface area contributed by atoms with Crippen LogP contribution in [-0.4, -0.2) is 16.1 Å². The van der Waals surface area contributed by atoms with Crippen LogP contribution in [0.15, 0.2) is 78.9 Å². The predicted octanol–water partition coefficient (Wildman–Crippen LogP) is 4.85. The summed E-state index contributed by atoms with van der Waals surface area (Å²) in [6.45, 7) is 0.456. The van der Waals surface area contributed by atoms with Crippen molar-refractivity contribution in [3.63, 3.8) is 0 Å². The fourth-order valence-corrected chi connectivity index (χ4v) is 4.79. The molecule has 1 aliphatic carbocycles. The van der Waals surface area contributed by atoms with Crippen molar-refractivity contribution in [3.05, 3.63) is 101 Å². The standard InChI is InChI=1S/C26H24N2O3/c29-17-12-13-21(23(30)14-17)24-19-9-4-8-18(19)20-10-5-11-22(25(20)28-24)26(31)27-15-16-6-2-1-3-7-16/h1-8,10-14,18-19,24,28-30H,9,15H2,(H,27,31). The number of allylic oxidation sites excluding steroid dienone is 2. The number of hydrogen-bond acceptors (Lipinski definition) is 4. The van der Waals surface area contributed by atoms with E-state index < -0.39 is 0 Å². The quantitative estimate of drug-likeness (QED) is 0.462. The van der Waals surface area contributed by atoms with E-state index in [2.05, 4.69) is 28.9 Å². The molecular weight excluding hydrogens is 388 g/mol. The number of phenols is 2. The molecule has 3 aromatic carbocycles. The van der Waals surface area contributed by atoms with Crippen LogP contribution >= 0.6 is 0 Å². The van der Waals surface area contributed by atoms with Crippen molar-refractivity contribution >= 4 is 11.6 Å². The van der Waals surface area contributed by atoms with Gasteiger partial charge in [0.1, 0.15) is 11.5 Å². The molecule has 1 heterocycles. The number of carbonyl (C=O) groups excluding carboxylic acids is 1. The zero-order valence-corrected chi connectivity index (χ0v) is 17.0. The fraction of sp³-hybridized carbons (Fsp3) is 0.192. The average molecular weight is 412 g/mol. The first-order valence-electron chi connectivity index (χ1n) is 10.5. The number of rotatable bonds is 4. The molecular formula is C26H24N2O3. The van der Waals surface area contributed by atoms with Crippen LogP contribution in [0, 0.1) is 5.92 Å². The van der Waals surface area contributed by atoms with Crippen LogP contribution in [0.1, 0.15) is 45.4 Å². The second-order valence-electron chi connectivity index (χ2n) is 8.16. The maximum absolute atomic E-state index is 13.1. The summed E-state index contributed by atoms with van der Waals surface area (Å²) >= 11 is 0. The maximum Gasteiger partial charge on any atom is 0.253 e. The topological polar surface area (TPSA) is 81.6 Å². The Balaban J connectivity index is 1.49. The molecule has 0 radical (unpaired) electrons. The van der Waals surface area contributed by atoms with E-state index >= 15 is 0 Å². The summed E-state index contributed by atoms with van der Waals surface area (Å²) in [7, 11) is 0. The van der Waals surface area contributed by atoms with Gasteiger partial charge in [-0.15, -0.1) is 0 Å². The van der Waals surface area contributed by atoms with E-state index in [4.69, 9.17) is 0 Å². The first-order chi connectivity index (χ1) is 15.1. The number of phenolic OH excluding ortho intramolecular Hbond substituents is 2. The number of fused-ring (bicyclic) bond motifs is 3. The van der Waals surface area contributed by atoms with Gasteiger partial charge < -0.3 is 20.8 Å². The summed E-state index contributed by atoms with van der Waals surface area (Å²) < 4.78 is 0. The van der Waals surface area contributed by atoms with Gasteiger partial charge >= 0.3 is 0 Å². The van der Waals surface area contributed by atoms with Crippen molar-refractivity contribution in [2.24, 2.45) is 5.92 Å². The van der Waals surface area contributed by atoms with Crippen LogP contribution in [0.25, 0.3) is 0 Å². The highest BCUT2D eigenvalue weighted by Gasteiger charge is 2.40. The lowest BCUT2D eigenvalue weighted by Gasteiger charge is -2.38. The fourth-order valence-electron chi connectivity index (χ4n) is 4.79. The minimum absolute atomic E-state index is 0.0273. The van der Waals surface area contributed by atoms with E-state index in [1.807, 2.05) is 42.5 Å². The lowest BCUT2D eigenvalue weighted by atomic mass is 9.76. The molecule has 31 heavy (non-hydrogen) atoms. The molecule has 5 heteroatoms. The molecule has 3 unspecified atom stereocenters. The molecule has 1 aliphatic heterocycles. The molecule has 156 valence electrons. The number of carbonyl (C=O) groups is 1. The number of anilines is 1. The summed E-state index contributed by atoms with van der Waals surface area (Å²) in [6.07, 6.45) is 5.24. The largest absolute Gasteiger partial charge is 0.508 e. The van der Waals surface area contributed by atoms with Gasteiger partial charge in [-0.25, -0.2) is 0 Å². The van der Waals surface area contributed by atoms with Crippen molar-refractivity contribution in [2.45, 2.75) is 24.9 Å². The van der Waals surface area contributed by atoms with Gasteiger partial charge in [-0.2, -0.15) is 0 Å². The second-order valence-corrected chi connectivity index (χ2v) is 8.16. The Labute approximate surface area is 181 Å². The number of aromatic hydroxyl groups is 2. The van der Waals surface area contributed by atoms with E-state index in [1.165, 1.54) is 6.07 Å². The van der Waals surface area contributed by atoms with Crippen molar-refractivity contribution in [2.75, 3.05) is 5.32 Å². The van der Waals surface area contributed by atoms with Gasteiger partial charge in [0.25, 0.3) is 5.91 Å². The van der Waals surface area contributed by atoms with Gasteiger partial charge in [-0.3, -0.25) is 4.79 Å². The monoisotopic (exact) mass is 412 g/mol. The molecule has 0 fully saturated rings. The van der Waals surface area contributed by atoms with Gasteiger partial charge in [0, 0.05) is 24.1 Å². The average Bonchev–Trinajstić information content (AvgIpc) is 3.28. The van der Waals surface area contributed by atoms with Crippen LogP contribution in [0.4, 0.5) is 5.69 Å². The van der Waals surface area contributed by atoms with Gasteiger partial charge in [0.15, 0.2) is 0 Å². The zero-order chi connectivity index (χ0) is 21.4. The van der Waals surface area contributed by atoms with Crippen molar-refractivity contribution < 1.29 is 15.0 Å². The van der Waals surface area contributed by atoms with Crippen molar-refractivity contribution in [1.29, 1.82) is 0 Å². The zero-order valence-electron chi connectivity index (χ0n) is 17.0. The summed E-state index contributed by atoms with van der Waals surface area (Å²) in [6, 6.07) is 20.2. The number of hydrogen-bond donors (Lipinski definition) is 4. The minimum atomic E-state index is -0.170. The first kappa shape index (κ1) is 19.2. The second kappa shape index (κ2) is 7.84. The van der Waals surface area contributed by atoms with E-state index in [9.17, 15) is 15.0 Å². The lowest BCUT2D eigenvalue weighted by molar-refractivity contribution is 0.0951. The summed E-state index contributed by atoms with van der Waals surface area (Å²) in [5, 5.41) is 26.8. The minimum Gasteiger partial charge on any atom is -0.508 e. The summed E-state index contributed by atoms with van der Waals surface area (Å²) in [5.74, 6) is 0.335. The van der Waals surface area contributed by atoms with Crippen LogP contribution in [-0.2, 0) is 6.54 Å². The van der Waals surface area contributed by atoms with Crippen molar-refractivity contribution in [1.82, 2.24) is 5.32 Å². The molecule has 0 aromatic heterocycles. The van der Waals surface area contributed by atoms with Crippen LogP contribution in [0.3, 0.4) is 0 Å². The molecule has 3 atom stereocenters. The van der Waals surface area contributed by atoms with Gasteiger partial charge in [0.05, 0.1) is 17.3 Å². The van der Waals surface area contributed by atoms with E-state index in [0.717, 1.165) is 28.8 Å². The highest BCUT2D eigenvalue weighted by Crippen LogP contribution is 2.52. The molecule has 4 N–H and O–H groups in total. The normalized spacial score (nSPS) is 21.1. The molecule has 3 aromatic rings. The number of amides is 1. The van der Waals surface area contributed by atoms with E-state index in [-0.39, 0.29) is 35.3 Å². The third-order valence-electron chi connectivity index (χ3n) is 6.29. The number of nitrogens with one attached hydrogen (secondary N) is 2. The summed E-state index contributed by atoms with van der Waals surface area (Å²) in [4.78, 5) is 13.1. The Morgan fingerprint density at radius 1 is 1.00 bits per heavy atom. The lowest BCUT2D eigenvalue weighted by Crippen LogP contribution is -2.32. The number of para-hydroxylation sites is 1. The third-order valence-corrected chi connectivity index (χ3v) is 6.29. The highest BCUT2D eigenvalue weighted by atomic mass is 16.3. The molecule has 0 saturated heterocycles. The van der Waals surface area contributed by atoms with Crippen LogP contribution in [0.5, 0.6) is 11.5 Å². The highest BCUT2D eigenvalue weighted by molar-refractivity contribution is 6.00. The third kappa shape index (κ3) is 3.52. The van der Waals surface area contributed by atoms with Gasteiger partial charge in [-0.05, 0) is 41.7 Å². The Kier molecular flexibility index (Phi) is 4.86. The molecule has 2 aliphatic rings. The first-order valence-corrected chi connectivity index (χ1v) is 10.5. The molecule has 1 amide bonds. The smallest absolute Gasteiger partial charge is 0.253 e. The predicted molar refractivity (Wildman–Crippen MR) is 120 cm³/mol. The Morgan fingerprint density at radius 3 is 2.65 bits per heavy atom. The number of benzene rings is 3.